The van der Waals surface area contributed by atoms with Crippen molar-refractivity contribution in [1.82, 2.24) is 10.2 Å². The summed E-state index contributed by atoms with van der Waals surface area (Å²) in [6, 6.07) is 0. The minimum absolute atomic E-state index is 0.341. The van der Waals surface area contributed by atoms with E-state index in [4.69, 9.17) is 22.7 Å². The summed E-state index contributed by atoms with van der Waals surface area (Å²) in [6.45, 7) is 3.84. The molecule has 0 bridgehead atoms. The summed E-state index contributed by atoms with van der Waals surface area (Å²) in [5.74, 6) is 0. The number of carbonyl (C=O) groups is 1. The van der Waals surface area contributed by atoms with Crippen LogP contribution < -0.4 is 11.1 Å². The number of rotatable bonds is 3. The number of carbonyl (C=O) groups excluding carboxylic acids is 1. The highest BCUT2D eigenvalue weighted by atomic mass is 32.1. The van der Waals surface area contributed by atoms with Gasteiger partial charge >= 0.3 is 6.09 Å². The third-order valence-corrected chi connectivity index (χ3v) is 3.32. The van der Waals surface area contributed by atoms with Gasteiger partial charge in [0.05, 0.1) is 17.1 Å². The van der Waals surface area contributed by atoms with E-state index in [0.29, 0.717) is 11.6 Å². The lowest BCUT2D eigenvalue weighted by Gasteiger charge is -2.39. The first-order valence-corrected chi connectivity index (χ1v) is 5.84. The molecule has 1 aliphatic rings. The molecule has 1 heterocycles. The van der Waals surface area contributed by atoms with Crippen molar-refractivity contribution in [3.8, 4) is 0 Å². The van der Waals surface area contributed by atoms with Gasteiger partial charge in [0.2, 0.25) is 0 Å². The Bertz CT molecular complexity index is 275. The van der Waals surface area contributed by atoms with Crippen LogP contribution in [0.25, 0.3) is 0 Å². The maximum absolute atomic E-state index is 11.4. The van der Waals surface area contributed by atoms with Crippen LogP contribution in [0.5, 0.6) is 0 Å². The molecule has 0 aromatic carbocycles. The van der Waals surface area contributed by atoms with Crippen LogP contribution in [0.4, 0.5) is 4.79 Å². The molecule has 1 aliphatic heterocycles. The fraction of sp³-hybridized carbons (Fsp3) is 0.800. The van der Waals surface area contributed by atoms with Gasteiger partial charge in [-0.15, -0.1) is 0 Å². The van der Waals surface area contributed by atoms with Gasteiger partial charge in [0.15, 0.2) is 0 Å². The van der Waals surface area contributed by atoms with Crippen molar-refractivity contribution in [3.05, 3.63) is 0 Å². The molecule has 0 atom stereocenters. The van der Waals surface area contributed by atoms with E-state index in [1.54, 1.807) is 6.92 Å². The van der Waals surface area contributed by atoms with E-state index in [2.05, 4.69) is 10.2 Å². The van der Waals surface area contributed by atoms with Crippen molar-refractivity contribution < 1.29 is 9.53 Å². The van der Waals surface area contributed by atoms with E-state index >= 15 is 0 Å². The molecule has 1 fully saturated rings. The highest BCUT2D eigenvalue weighted by Gasteiger charge is 2.38. The second-order valence-electron chi connectivity index (χ2n) is 4.10. The van der Waals surface area contributed by atoms with E-state index in [1.807, 2.05) is 7.05 Å². The Hall–Kier alpha value is -0.880. The minimum Gasteiger partial charge on any atom is -0.450 e. The van der Waals surface area contributed by atoms with Gasteiger partial charge in [-0.25, -0.2) is 4.79 Å². The van der Waals surface area contributed by atoms with Crippen LogP contribution >= 0.6 is 12.2 Å². The van der Waals surface area contributed by atoms with E-state index in [-0.39, 0.29) is 0 Å². The molecule has 0 radical (unpaired) electrons. The second kappa shape index (κ2) is 5.45. The number of nitrogens with two attached hydrogens (primary N) is 1. The van der Waals surface area contributed by atoms with Gasteiger partial charge in [-0.05, 0) is 26.8 Å². The Morgan fingerprint density at radius 2 is 2.12 bits per heavy atom. The summed E-state index contributed by atoms with van der Waals surface area (Å²) >= 11 is 5.06. The number of nitrogens with one attached hydrogen (secondary N) is 1. The fourth-order valence-corrected chi connectivity index (χ4v) is 2.05. The van der Waals surface area contributed by atoms with Gasteiger partial charge in [-0.3, -0.25) is 0 Å². The Labute approximate surface area is 101 Å². The summed E-state index contributed by atoms with van der Waals surface area (Å²) in [7, 11) is 2.04. The lowest BCUT2D eigenvalue weighted by molar-refractivity contribution is 0.132. The van der Waals surface area contributed by atoms with Crippen LogP contribution in [0.3, 0.4) is 0 Å². The molecule has 0 aliphatic carbocycles. The Morgan fingerprint density at radius 1 is 1.56 bits per heavy atom. The van der Waals surface area contributed by atoms with Crippen molar-refractivity contribution >= 4 is 23.3 Å². The van der Waals surface area contributed by atoms with Crippen molar-refractivity contribution in [2.75, 3.05) is 26.7 Å². The third-order valence-electron chi connectivity index (χ3n) is 2.93. The van der Waals surface area contributed by atoms with Crippen LogP contribution in [0.2, 0.25) is 0 Å². The van der Waals surface area contributed by atoms with Crippen LogP contribution in [0, 0.1) is 0 Å². The lowest BCUT2D eigenvalue weighted by atomic mass is 9.88. The summed E-state index contributed by atoms with van der Waals surface area (Å²) < 4.78 is 4.87. The van der Waals surface area contributed by atoms with Crippen molar-refractivity contribution in [2.24, 2.45) is 5.73 Å². The molecule has 1 amide bonds. The molecule has 0 saturated carbocycles. The second-order valence-corrected chi connectivity index (χ2v) is 4.53. The number of piperidine rings is 1. The molecule has 3 N–H and O–H groups in total. The van der Waals surface area contributed by atoms with Gasteiger partial charge in [0.25, 0.3) is 0 Å². The predicted molar refractivity (Wildman–Crippen MR) is 66.4 cm³/mol. The maximum Gasteiger partial charge on any atom is 0.407 e. The number of hydrogen-bond acceptors (Lipinski definition) is 4. The summed E-state index contributed by atoms with van der Waals surface area (Å²) in [5.41, 5.74) is 5.16. The number of nitrogens with zero attached hydrogens (tertiary/aromatic N) is 1. The maximum atomic E-state index is 11.4. The minimum atomic E-state index is -0.575. The number of thiocarbonyl (C=S) groups is 1. The first-order chi connectivity index (χ1) is 7.50. The normalized spacial score (nSPS) is 20.1. The quantitative estimate of drug-likeness (QED) is 0.708. The van der Waals surface area contributed by atoms with Gasteiger partial charge in [0, 0.05) is 13.1 Å². The monoisotopic (exact) mass is 245 g/mol. The summed E-state index contributed by atoms with van der Waals surface area (Å²) in [5, 5.41) is 2.80. The fourth-order valence-electron chi connectivity index (χ4n) is 1.80. The van der Waals surface area contributed by atoms with Crippen LogP contribution in [-0.2, 0) is 4.74 Å². The topological polar surface area (TPSA) is 67.6 Å². The zero-order valence-corrected chi connectivity index (χ0v) is 10.6. The molecule has 1 saturated heterocycles. The van der Waals surface area contributed by atoms with Gasteiger partial charge in [-0.2, -0.15) is 0 Å². The number of ether oxygens (including phenoxy) is 1. The summed E-state index contributed by atoms with van der Waals surface area (Å²) in [4.78, 5) is 14.0. The van der Waals surface area contributed by atoms with Gasteiger partial charge < -0.3 is 20.7 Å². The zero-order chi connectivity index (χ0) is 12.2. The highest BCUT2D eigenvalue weighted by molar-refractivity contribution is 7.80. The van der Waals surface area contributed by atoms with Crippen LogP contribution in [-0.4, -0.2) is 48.3 Å². The van der Waals surface area contributed by atoms with Gasteiger partial charge in [-0.1, -0.05) is 12.2 Å². The molecule has 0 spiro atoms. The highest BCUT2D eigenvalue weighted by Crippen LogP contribution is 2.22. The molecule has 16 heavy (non-hydrogen) atoms. The van der Waals surface area contributed by atoms with E-state index in [0.717, 1.165) is 25.9 Å². The van der Waals surface area contributed by atoms with Crippen LogP contribution in [0.1, 0.15) is 19.8 Å². The molecule has 0 aromatic heterocycles. The van der Waals surface area contributed by atoms with E-state index in [1.165, 1.54) is 0 Å². The van der Waals surface area contributed by atoms with E-state index in [9.17, 15) is 4.79 Å². The Kier molecular flexibility index (Phi) is 4.49. The SMILES string of the molecule is CCOC(=O)NC1(C(N)=S)CCN(C)CC1. The first-order valence-electron chi connectivity index (χ1n) is 5.43. The number of amides is 1. The molecular formula is C10H19N3O2S. The number of alkyl carbamates (subject to hydrolysis) is 1. The molecular weight excluding hydrogens is 226 g/mol. The zero-order valence-electron chi connectivity index (χ0n) is 9.78. The number of hydrogen-bond donors (Lipinski definition) is 2. The lowest BCUT2D eigenvalue weighted by Crippen LogP contribution is -2.61. The predicted octanol–water partition coefficient (Wildman–Crippen LogP) is 0.483. The number of likely N-dealkylation sites (tertiary alicyclic amines) is 1. The third kappa shape index (κ3) is 3.05. The molecule has 5 nitrogen and oxygen atoms in total. The molecule has 6 heteroatoms. The largest absolute Gasteiger partial charge is 0.450 e. The van der Waals surface area contributed by atoms with Crippen LogP contribution in [0.15, 0.2) is 0 Å². The van der Waals surface area contributed by atoms with Crippen molar-refractivity contribution in [3.63, 3.8) is 0 Å². The standard InChI is InChI=1S/C10H19N3O2S/c1-3-15-9(14)12-10(8(11)16)4-6-13(2)7-5-10/h3-7H2,1-2H3,(H2,11,16)(H,12,14). The smallest absolute Gasteiger partial charge is 0.407 e. The Morgan fingerprint density at radius 3 is 2.56 bits per heavy atom. The average Bonchev–Trinajstić information content (AvgIpc) is 2.22. The van der Waals surface area contributed by atoms with Crippen molar-refractivity contribution in [1.29, 1.82) is 0 Å². The molecule has 92 valence electrons. The molecule has 0 aromatic rings. The molecule has 1 rings (SSSR count). The molecule has 0 unspecified atom stereocenters. The summed E-state index contributed by atoms with van der Waals surface area (Å²) in [6.07, 6.45) is 1.02. The average molecular weight is 245 g/mol. The van der Waals surface area contributed by atoms with Gasteiger partial charge in [0.1, 0.15) is 0 Å². The van der Waals surface area contributed by atoms with Crippen molar-refractivity contribution in [2.45, 2.75) is 25.3 Å². The Balaban J connectivity index is 2.66. The first kappa shape index (κ1) is 13.2. The van der Waals surface area contributed by atoms with E-state index < -0.39 is 11.6 Å².